The van der Waals surface area contributed by atoms with E-state index >= 15 is 0 Å². The first-order valence-electron chi connectivity index (χ1n) is 20.7. The summed E-state index contributed by atoms with van der Waals surface area (Å²) in [6, 6.07) is 32.5. The van der Waals surface area contributed by atoms with Crippen LogP contribution in [0.15, 0.2) is 84.9 Å². The Kier molecular flexibility index (Phi) is 12.2. The number of rotatable bonds is 15. The summed E-state index contributed by atoms with van der Waals surface area (Å²) in [7, 11) is -7.87. The lowest BCUT2D eigenvalue weighted by Gasteiger charge is -2.45. The molecule has 10 heteroatoms. The van der Waals surface area contributed by atoms with Crippen LogP contribution < -0.4 is 4.74 Å². The molecule has 1 aliphatic carbocycles. The summed E-state index contributed by atoms with van der Waals surface area (Å²) in [6.45, 7) is 34.9. The number of epoxide rings is 2. The van der Waals surface area contributed by atoms with Gasteiger partial charge in [0.25, 0.3) is 0 Å². The van der Waals surface area contributed by atoms with Crippen LogP contribution in [0.25, 0.3) is 11.1 Å². The summed E-state index contributed by atoms with van der Waals surface area (Å²) in [5.74, 6) is 0.956. The molecular formula is C47H66O6Si4. The van der Waals surface area contributed by atoms with Crippen LogP contribution in [0.4, 0.5) is 0 Å². The lowest BCUT2D eigenvalue weighted by Crippen LogP contribution is -2.55. The third kappa shape index (κ3) is 8.84. The maximum atomic E-state index is 8.00. The van der Waals surface area contributed by atoms with Crippen LogP contribution in [0.2, 0.25) is 71.0 Å². The second-order valence-corrected chi connectivity index (χ2v) is 38.4. The quantitative estimate of drug-likeness (QED) is 0.0773. The minimum atomic E-state index is -2.28. The molecule has 4 aromatic carbocycles. The fraction of sp³-hybridized carbons (Fsp3) is 0.468. The predicted octanol–water partition coefficient (Wildman–Crippen LogP) is 11.6. The van der Waals surface area contributed by atoms with E-state index in [0.717, 1.165) is 25.4 Å². The number of carbonyl (C=O) groups excluding carboxylic acids is 1. The van der Waals surface area contributed by atoms with Gasteiger partial charge in [0.15, 0.2) is 33.3 Å². The van der Waals surface area contributed by atoms with Crippen LogP contribution in [0.3, 0.4) is 0 Å². The molecule has 2 saturated heterocycles. The van der Waals surface area contributed by atoms with E-state index in [1.54, 1.807) is 0 Å². The Morgan fingerprint density at radius 2 is 1.26 bits per heavy atom. The zero-order valence-electron chi connectivity index (χ0n) is 36.8. The second-order valence-electron chi connectivity index (χ2n) is 19.8. The lowest BCUT2D eigenvalue weighted by atomic mass is 9.66. The average molecular weight is 839 g/mol. The van der Waals surface area contributed by atoms with Gasteiger partial charge in [-0.05, 0) is 134 Å². The Labute approximate surface area is 347 Å². The van der Waals surface area contributed by atoms with Crippen molar-refractivity contribution < 1.29 is 27.2 Å². The van der Waals surface area contributed by atoms with E-state index in [4.69, 9.17) is 27.2 Å². The van der Waals surface area contributed by atoms with Gasteiger partial charge < -0.3 is 27.2 Å². The van der Waals surface area contributed by atoms with Crippen LogP contribution in [-0.4, -0.2) is 66.0 Å². The lowest BCUT2D eigenvalue weighted by molar-refractivity contribution is -0.0980. The first kappa shape index (κ1) is 43.6. The summed E-state index contributed by atoms with van der Waals surface area (Å²) < 4.78 is 32.4. The van der Waals surface area contributed by atoms with Crippen molar-refractivity contribution >= 4 is 40.1 Å². The van der Waals surface area contributed by atoms with Gasteiger partial charge in [0.2, 0.25) is 0 Å². The SMILES string of the molecule is C=O.CC(Cc1cc(C2(c3ccc(C4CO4)c(C(C)(C)[Si](C)(C)O[Si](C)(C)C)c3)c3ccccc3-c3ccccc32)ccc1OCC1CO1)[Si](C)(C)O[Si](C)(C)C. The van der Waals surface area contributed by atoms with Gasteiger partial charge in [0.1, 0.15) is 31.4 Å². The Hall–Kier alpha value is -2.94. The molecule has 0 bridgehead atoms. The molecule has 0 amide bonds. The summed E-state index contributed by atoms with van der Waals surface area (Å²) in [6.07, 6.45) is 1.20. The highest BCUT2D eigenvalue weighted by atomic mass is 28.4. The van der Waals surface area contributed by atoms with Gasteiger partial charge in [-0.3, -0.25) is 0 Å². The van der Waals surface area contributed by atoms with Crippen molar-refractivity contribution in [3.8, 4) is 16.9 Å². The third-order valence-electron chi connectivity index (χ3n) is 12.5. The highest BCUT2D eigenvalue weighted by Crippen LogP contribution is 2.57. The highest BCUT2D eigenvalue weighted by molar-refractivity contribution is 6.86. The molecule has 0 saturated carbocycles. The fourth-order valence-electron chi connectivity index (χ4n) is 9.01. The topological polar surface area (TPSA) is 69.8 Å². The van der Waals surface area contributed by atoms with Crippen molar-refractivity contribution in [2.45, 2.75) is 121 Å². The summed E-state index contributed by atoms with van der Waals surface area (Å²) in [5.41, 5.74) is 11.5. The first-order chi connectivity index (χ1) is 26.6. The van der Waals surface area contributed by atoms with Crippen molar-refractivity contribution in [2.75, 3.05) is 19.8 Å². The largest absolute Gasteiger partial charge is 0.491 e. The van der Waals surface area contributed by atoms with E-state index < -0.39 is 38.7 Å². The zero-order chi connectivity index (χ0) is 41.8. The molecule has 6 nitrogen and oxygen atoms in total. The monoisotopic (exact) mass is 838 g/mol. The molecule has 2 fully saturated rings. The number of carbonyl (C=O) groups is 1. The fourth-order valence-corrected chi connectivity index (χ4v) is 24.8. The van der Waals surface area contributed by atoms with Gasteiger partial charge in [-0.1, -0.05) is 99.6 Å². The smallest absolute Gasteiger partial charge is 0.183 e. The molecule has 57 heavy (non-hydrogen) atoms. The van der Waals surface area contributed by atoms with Gasteiger partial charge >= 0.3 is 0 Å². The number of benzene rings is 4. The van der Waals surface area contributed by atoms with Gasteiger partial charge in [-0.2, -0.15) is 0 Å². The minimum Gasteiger partial charge on any atom is -0.491 e. The summed E-state index contributed by atoms with van der Waals surface area (Å²) in [4.78, 5) is 8.00. The van der Waals surface area contributed by atoms with Crippen molar-refractivity contribution in [3.63, 3.8) is 0 Å². The minimum absolute atomic E-state index is 0.130. The van der Waals surface area contributed by atoms with E-state index in [9.17, 15) is 0 Å². The first-order valence-corrected chi connectivity index (χ1v) is 33.4. The molecule has 2 heterocycles. The molecular weight excluding hydrogens is 773 g/mol. The number of hydrogen-bond donors (Lipinski definition) is 0. The average Bonchev–Trinajstić information content (AvgIpc) is 4.07. The normalized spacial score (nSPS) is 19.2. The van der Waals surface area contributed by atoms with Crippen LogP contribution in [0, 0.1) is 0 Å². The van der Waals surface area contributed by atoms with E-state index in [1.165, 1.54) is 50.1 Å². The second kappa shape index (κ2) is 15.9. The van der Waals surface area contributed by atoms with Crippen molar-refractivity contribution in [2.24, 2.45) is 0 Å². The van der Waals surface area contributed by atoms with Gasteiger partial charge in [0, 0.05) is 5.04 Å². The molecule has 306 valence electrons. The molecule has 3 aliphatic rings. The number of ether oxygens (including phenoxy) is 3. The van der Waals surface area contributed by atoms with Crippen molar-refractivity contribution in [1.82, 2.24) is 0 Å². The van der Waals surface area contributed by atoms with Gasteiger partial charge in [0.05, 0.1) is 18.6 Å². The van der Waals surface area contributed by atoms with Crippen LogP contribution >= 0.6 is 0 Å². The molecule has 0 radical (unpaired) electrons. The van der Waals surface area contributed by atoms with E-state index in [0.29, 0.717) is 12.1 Å². The third-order valence-corrected chi connectivity index (χ3v) is 27.4. The van der Waals surface area contributed by atoms with E-state index in [2.05, 4.69) is 171 Å². The van der Waals surface area contributed by atoms with Crippen molar-refractivity contribution in [1.29, 1.82) is 0 Å². The van der Waals surface area contributed by atoms with Crippen LogP contribution in [0.5, 0.6) is 5.75 Å². The number of fused-ring (bicyclic) bond motifs is 3. The van der Waals surface area contributed by atoms with Crippen LogP contribution in [-0.2, 0) is 39.4 Å². The molecule has 3 unspecified atom stereocenters. The standard InChI is InChI=1S/C46H64O5Si4.CH2O/c1-32(54(10,11)50-52(4,5)6)26-33-27-34(23-25-43(33)48-30-36-29-47-36)46(40-20-16-14-18-37(40)38-19-15-17-21-41(38)46)35-22-24-39(44-31-49-44)42(28-35)45(2,3)55(12,13)51-53(7,8)9;1-2/h14-25,27-28,32,36,44H,26,29-31H2,1-13H3;1H2. The Bertz CT molecular complexity index is 2030. The Balaban J connectivity index is 0.00000270. The molecule has 4 aromatic rings. The summed E-state index contributed by atoms with van der Waals surface area (Å²) in [5, 5.41) is -0.181. The Morgan fingerprint density at radius 1 is 0.737 bits per heavy atom. The van der Waals surface area contributed by atoms with Gasteiger partial charge in [-0.25, -0.2) is 0 Å². The maximum Gasteiger partial charge on any atom is 0.183 e. The molecule has 0 aromatic heterocycles. The predicted molar refractivity (Wildman–Crippen MR) is 245 cm³/mol. The van der Waals surface area contributed by atoms with E-state index in [1.807, 2.05) is 6.79 Å². The Morgan fingerprint density at radius 3 is 1.79 bits per heavy atom. The maximum absolute atomic E-state index is 8.00. The molecule has 0 N–H and O–H groups in total. The molecule has 7 rings (SSSR count). The highest BCUT2D eigenvalue weighted by Gasteiger charge is 2.50. The molecule has 0 spiro atoms. The van der Waals surface area contributed by atoms with Crippen molar-refractivity contribution in [3.05, 3.63) is 124 Å². The van der Waals surface area contributed by atoms with Crippen LogP contribution in [0.1, 0.15) is 65.8 Å². The van der Waals surface area contributed by atoms with Gasteiger partial charge in [-0.15, -0.1) is 0 Å². The number of hydrogen-bond acceptors (Lipinski definition) is 6. The van der Waals surface area contributed by atoms with E-state index in [-0.39, 0.29) is 17.2 Å². The zero-order valence-corrected chi connectivity index (χ0v) is 40.8. The molecule has 3 atom stereocenters. The summed E-state index contributed by atoms with van der Waals surface area (Å²) >= 11 is 0. The molecule has 2 aliphatic heterocycles.